The van der Waals surface area contributed by atoms with E-state index in [0.717, 1.165) is 12.4 Å². The van der Waals surface area contributed by atoms with Gasteiger partial charge in [-0.25, -0.2) is 13.8 Å². The van der Waals surface area contributed by atoms with Gasteiger partial charge < -0.3 is 9.72 Å². The quantitative estimate of drug-likeness (QED) is 0.810. The molecule has 0 aliphatic carbocycles. The van der Waals surface area contributed by atoms with E-state index in [1.165, 1.54) is 0 Å². The van der Waals surface area contributed by atoms with Crippen LogP contribution < -0.4 is 10.3 Å². The van der Waals surface area contributed by atoms with Crippen LogP contribution in [0, 0.1) is 0 Å². The highest BCUT2D eigenvalue weighted by Crippen LogP contribution is 2.33. The zero-order chi connectivity index (χ0) is 12.4. The molecule has 0 aromatic carbocycles. The lowest BCUT2D eigenvalue weighted by Crippen LogP contribution is -2.42. The highest BCUT2D eigenvalue weighted by atomic mass is 19.3. The molecule has 0 amide bonds. The molecular weight excluding hydrogens is 232 g/mol. The lowest BCUT2D eigenvalue weighted by Gasteiger charge is -2.22. The zero-order valence-corrected chi connectivity index (χ0v) is 8.14. The molecule has 0 unspecified atom stereocenters. The summed E-state index contributed by atoms with van der Waals surface area (Å²) in [6.07, 6.45) is 0.917. The number of rotatable bonds is 4. The molecule has 1 N–H and O–H groups in total. The first-order valence-electron chi connectivity index (χ1n) is 4.15. The molecule has 8 heteroatoms. The maximum absolute atomic E-state index is 12.7. The molecule has 0 radical (unpaired) electrons. The Morgan fingerprint density at radius 2 is 2.06 bits per heavy atom. The van der Waals surface area contributed by atoms with Crippen molar-refractivity contribution in [2.45, 2.75) is 18.8 Å². The molecule has 0 spiro atoms. The fourth-order valence-electron chi connectivity index (χ4n) is 0.721. The summed E-state index contributed by atoms with van der Waals surface area (Å²) < 4.78 is 54.5. The van der Waals surface area contributed by atoms with Crippen molar-refractivity contribution in [1.82, 2.24) is 9.97 Å². The molecule has 0 aliphatic heterocycles. The average molecular weight is 240 g/mol. The molecule has 0 aliphatic rings. The van der Waals surface area contributed by atoms with Crippen molar-refractivity contribution in [2.75, 3.05) is 6.61 Å². The van der Waals surface area contributed by atoms with Crippen molar-refractivity contribution >= 4 is 0 Å². The summed E-state index contributed by atoms with van der Waals surface area (Å²) in [5.74, 6) is -8.96. The second kappa shape index (κ2) is 4.11. The molecule has 4 nitrogen and oxygen atoms in total. The van der Waals surface area contributed by atoms with E-state index in [4.69, 9.17) is 0 Å². The van der Waals surface area contributed by atoms with Gasteiger partial charge in [0.05, 0.1) is 12.4 Å². The minimum absolute atomic E-state index is 0.0849. The maximum Gasteiger partial charge on any atom is 0.342 e. The topological polar surface area (TPSA) is 55.0 Å². The molecule has 16 heavy (non-hydrogen) atoms. The Morgan fingerprint density at radius 1 is 1.44 bits per heavy atom. The van der Waals surface area contributed by atoms with Gasteiger partial charge in [-0.3, -0.25) is 4.79 Å². The standard InChI is InChI=1S/C8H8F4N2O2/c1-7(9,10)8(11,12)3-16-6-2-5(15)13-4-14-6/h2,4H,3H2,1H3,(H,13,14,15). The van der Waals surface area contributed by atoms with Crippen LogP contribution in [0.4, 0.5) is 17.6 Å². The van der Waals surface area contributed by atoms with Gasteiger partial charge in [-0.05, 0) is 0 Å². The van der Waals surface area contributed by atoms with Crippen LogP contribution in [0.5, 0.6) is 5.88 Å². The number of nitrogens with one attached hydrogen (secondary N) is 1. The second-order valence-corrected chi connectivity index (χ2v) is 3.13. The van der Waals surface area contributed by atoms with E-state index < -0.39 is 29.9 Å². The third-order valence-electron chi connectivity index (χ3n) is 1.70. The Bertz CT molecular complexity index is 413. The Morgan fingerprint density at radius 3 is 2.56 bits per heavy atom. The molecule has 0 atom stereocenters. The van der Waals surface area contributed by atoms with E-state index in [1.54, 1.807) is 0 Å². The van der Waals surface area contributed by atoms with E-state index in [1.807, 2.05) is 0 Å². The third-order valence-corrected chi connectivity index (χ3v) is 1.70. The number of aromatic amines is 1. The molecule has 1 aromatic heterocycles. The lowest BCUT2D eigenvalue weighted by atomic mass is 10.2. The zero-order valence-electron chi connectivity index (χ0n) is 8.14. The molecular formula is C8H8F4N2O2. The van der Waals surface area contributed by atoms with Crippen molar-refractivity contribution in [3.63, 3.8) is 0 Å². The van der Waals surface area contributed by atoms with E-state index in [-0.39, 0.29) is 6.92 Å². The highest BCUT2D eigenvalue weighted by Gasteiger charge is 2.53. The maximum atomic E-state index is 12.7. The third kappa shape index (κ3) is 2.94. The smallest absolute Gasteiger partial charge is 0.342 e. The van der Waals surface area contributed by atoms with Crippen LogP contribution in [0.1, 0.15) is 6.92 Å². The van der Waals surface area contributed by atoms with E-state index in [2.05, 4.69) is 14.7 Å². The lowest BCUT2D eigenvalue weighted by molar-refractivity contribution is -0.211. The normalized spacial score (nSPS) is 12.6. The van der Waals surface area contributed by atoms with Gasteiger partial charge in [0.15, 0.2) is 6.61 Å². The molecule has 1 rings (SSSR count). The molecule has 1 aromatic rings. The first-order valence-corrected chi connectivity index (χ1v) is 4.15. The summed E-state index contributed by atoms with van der Waals surface area (Å²) in [5, 5.41) is 0. The molecule has 0 fully saturated rings. The van der Waals surface area contributed by atoms with Gasteiger partial charge in [0, 0.05) is 6.92 Å². The molecule has 0 saturated carbocycles. The van der Waals surface area contributed by atoms with Crippen LogP contribution in [0.25, 0.3) is 0 Å². The van der Waals surface area contributed by atoms with Gasteiger partial charge in [0.25, 0.3) is 5.56 Å². The summed E-state index contributed by atoms with van der Waals surface area (Å²) >= 11 is 0. The van der Waals surface area contributed by atoms with Crippen LogP contribution in [0.2, 0.25) is 0 Å². The number of aromatic nitrogens is 2. The number of halogens is 4. The van der Waals surface area contributed by atoms with Crippen LogP contribution in [0.15, 0.2) is 17.2 Å². The summed E-state index contributed by atoms with van der Waals surface area (Å²) in [7, 11) is 0. The number of nitrogens with zero attached hydrogens (tertiary/aromatic N) is 1. The number of H-pyrrole nitrogens is 1. The average Bonchev–Trinajstić information content (AvgIpc) is 2.13. The fraction of sp³-hybridized carbons (Fsp3) is 0.500. The molecule has 0 bridgehead atoms. The number of alkyl halides is 4. The van der Waals surface area contributed by atoms with Crippen molar-refractivity contribution < 1.29 is 22.3 Å². The summed E-state index contributed by atoms with van der Waals surface area (Å²) in [6, 6.07) is 0.782. The van der Waals surface area contributed by atoms with E-state index >= 15 is 0 Å². The SMILES string of the molecule is CC(F)(F)C(F)(F)COc1cc(=O)[nH]cn1. The first kappa shape index (κ1) is 12.5. The second-order valence-electron chi connectivity index (χ2n) is 3.13. The van der Waals surface area contributed by atoms with Crippen LogP contribution in [-0.2, 0) is 0 Å². The predicted octanol–water partition coefficient (Wildman–Crippen LogP) is 1.44. The van der Waals surface area contributed by atoms with E-state index in [0.29, 0.717) is 0 Å². The van der Waals surface area contributed by atoms with Crippen LogP contribution in [-0.4, -0.2) is 28.4 Å². The predicted molar refractivity (Wildman–Crippen MR) is 45.9 cm³/mol. The van der Waals surface area contributed by atoms with Gasteiger partial charge in [0.1, 0.15) is 0 Å². The van der Waals surface area contributed by atoms with Crippen molar-refractivity contribution in [1.29, 1.82) is 0 Å². The summed E-state index contributed by atoms with van der Waals surface area (Å²) in [4.78, 5) is 16.2. The fourth-order valence-corrected chi connectivity index (χ4v) is 0.721. The first-order chi connectivity index (χ1) is 7.22. The number of hydrogen-bond acceptors (Lipinski definition) is 3. The van der Waals surface area contributed by atoms with Gasteiger partial charge in [-0.2, -0.15) is 8.78 Å². The molecule has 0 saturated heterocycles. The summed E-state index contributed by atoms with van der Waals surface area (Å²) in [5.41, 5.74) is -0.628. The van der Waals surface area contributed by atoms with Crippen LogP contribution in [0.3, 0.4) is 0 Å². The Kier molecular flexibility index (Phi) is 3.20. The van der Waals surface area contributed by atoms with E-state index in [9.17, 15) is 22.4 Å². The number of hydrogen-bond donors (Lipinski definition) is 1. The van der Waals surface area contributed by atoms with Gasteiger partial charge in [-0.15, -0.1) is 0 Å². The van der Waals surface area contributed by atoms with Crippen molar-refractivity contribution in [3.8, 4) is 5.88 Å². The van der Waals surface area contributed by atoms with Gasteiger partial charge in [-0.1, -0.05) is 0 Å². The van der Waals surface area contributed by atoms with Gasteiger partial charge >= 0.3 is 11.8 Å². The Balaban J connectivity index is 2.68. The Labute approximate surface area is 87.3 Å². The molecule has 90 valence electrons. The number of ether oxygens (including phenoxy) is 1. The summed E-state index contributed by atoms with van der Waals surface area (Å²) in [6.45, 7) is -1.46. The van der Waals surface area contributed by atoms with Gasteiger partial charge in [0.2, 0.25) is 5.88 Å². The molecule has 1 heterocycles. The highest BCUT2D eigenvalue weighted by molar-refractivity contribution is 5.05. The van der Waals surface area contributed by atoms with Crippen molar-refractivity contribution in [3.05, 3.63) is 22.7 Å². The largest absolute Gasteiger partial charge is 0.471 e. The monoisotopic (exact) mass is 240 g/mol. The Hall–Kier alpha value is -1.60. The minimum atomic E-state index is -4.32. The minimum Gasteiger partial charge on any atom is -0.471 e. The van der Waals surface area contributed by atoms with Crippen LogP contribution >= 0.6 is 0 Å². The van der Waals surface area contributed by atoms with Crippen molar-refractivity contribution in [2.24, 2.45) is 0 Å².